The molecule has 180 valence electrons. The Labute approximate surface area is 208 Å². The van der Waals surface area contributed by atoms with Crippen LogP contribution in [0.1, 0.15) is 67.0 Å². The van der Waals surface area contributed by atoms with Gasteiger partial charge in [0.1, 0.15) is 0 Å². The lowest BCUT2D eigenvalue weighted by molar-refractivity contribution is 0.0642. The number of hydrogen-bond donors (Lipinski definition) is 1. The minimum absolute atomic E-state index is 0.200. The van der Waals surface area contributed by atoms with E-state index in [4.69, 9.17) is 0 Å². The second kappa shape index (κ2) is 9.71. The fraction of sp³-hybridized carbons (Fsp3) is 0.333. The second-order valence-electron chi connectivity index (χ2n) is 9.38. The number of amides is 3. The van der Waals surface area contributed by atoms with Crippen molar-refractivity contribution in [2.75, 3.05) is 18.4 Å². The summed E-state index contributed by atoms with van der Waals surface area (Å²) in [5.74, 6) is -0.287. The first-order valence-corrected chi connectivity index (χ1v) is 12.7. The third-order valence-corrected chi connectivity index (χ3v) is 7.83. The highest BCUT2D eigenvalue weighted by atomic mass is 32.1. The van der Waals surface area contributed by atoms with Crippen molar-refractivity contribution in [3.05, 3.63) is 81.4 Å². The maximum Gasteiger partial charge on any atom is 0.261 e. The maximum atomic E-state index is 13.0. The molecule has 0 bridgehead atoms. The highest BCUT2D eigenvalue weighted by Gasteiger charge is 2.36. The van der Waals surface area contributed by atoms with E-state index in [0.717, 1.165) is 41.7 Å². The molecule has 1 N–H and O–H groups in total. The van der Waals surface area contributed by atoms with Crippen LogP contribution in [0.3, 0.4) is 0 Å². The van der Waals surface area contributed by atoms with Crippen LogP contribution in [0.5, 0.6) is 0 Å². The molecule has 0 saturated carbocycles. The van der Waals surface area contributed by atoms with Crippen LogP contribution in [0, 0.1) is 12.8 Å². The molecule has 3 aromatic rings. The number of fused-ring (bicyclic) bond motifs is 1. The van der Waals surface area contributed by atoms with Crippen LogP contribution >= 0.6 is 11.3 Å². The van der Waals surface area contributed by atoms with Crippen LogP contribution < -0.4 is 5.32 Å². The number of anilines is 1. The van der Waals surface area contributed by atoms with Gasteiger partial charge in [0.2, 0.25) is 0 Å². The lowest BCUT2D eigenvalue weighted by Gasteiger charge is -2.29. The molecule has 2 aliphatic rings. The molecule has 8 heteroatoms. The summed E-state index contributed by atoms with van der Waals surface area (Å²) in [4.78, 5) is 48.1. The number of nitrogens with one attached hydrogen (secondary N) is 1. The largest absolute Gasteiger partial charge is 0.298 e. The molecule has 5 rings (SSSR count). The van der Waals surface area contributed by atoms with Crippen LogP contribution in [0.25, 0.3) is 0 Å². The van der Waals surface area contributed by atoms with Gasteiger partial charge in [0.05, 0.1) is 23.4 Å². The number of hydrogen-bond acceptors (Lipinski definition) is 6. The van der Waals surface area contributed by atoms with Gasteiger partial charge in [0.15, 0.2) is 5.13 Å². The molecule has 7 nitrogen and oxygen atoms in total. The number of imide groups is 1. The number of aryl methyl sites for hydroxylation is 1. The predicted molar refractivity (Wildman–Crippen MR) is 136 cm³/mol. The minimum Gasteiger partial charge on any atom is -0.298 e. The molecule has 1 saturated heterocycles. The minimum atomic E-state index is -0.383. The maximum absolute atomic E-state index is 13.0. The fourth-order valence-corrected chi connectivity index (χ4v) is 5.56. The summed E-state index contributed by atoms with van der Waals surface area (Å²) in [5.41, 5.74) is 2.70. The van der Waals surface area contributed by atoms with Gasteiger partial charge in [0, 0.05) is 17.0 Å². The zero-order chi connectivity index (χ0) is 24.5. The van der Waals surface area contributed by atoms with Gasteiger partial charge in [-0.3, -0.25) is 29.5 Å². The molecule has 0 atom stereocenters. The number of likely N-dealkylation sites (tertiary alicyclic amines) is 1. The molecule has 2 aromatic carbocycles. The van der Waals surface area contributed by atoms with Gasteiger partial charge in [-0.05, 0) is 62.5 Å². The van der Waals surface area contributed by atoms with Crippen molar-refractivity contribution in [3.8, 4) is 0 Å². The number of aromatic nitrogens is 1. The normalized spacial score (nSPS) is 16.6. The van der Waals surface area contributed by atoms with Gasteiger partial charge >= 0.3 is 0 Å². The SMILES string of the molecule is Cc1nc(NC(=O)c2ccc3c(c2)C(=O)N(Cc2ccccc2)C3=O)sc1CN1CCC(C)CC1. The number of rotatable bonds is 6. The van der Waals surface area contributed by atoms with E-state index in [0.29, 0.717) is 16.3 Å². The number of benzene rings is 2. The summed E-state index contributed by atoms with van der Waals surface area (Å²) in [6.07, 6.45) is 2.42. The zero-order valence-corrected chi connectivity index (χ0v) is 20.7. The standard InChI is InChI=1S/C27H28N4O3S/c1-17-10-12-30(13-11-17)16-23-18(2)28-27(35-23)29-24(32)20-8-9-21-22(14-20)26(34)31(25(21)33)15-19-6-4-3-5-7-19/h3-9,14,17H,10-13,15-16H2,1-2H3,(H,28,29,32). The highest BCUT2D eigenvalue weighted by Crippen LogP contribution is 2.28. The molecular formula is C27H28N4O3S. The van der Waals surface area contributed by atoms with Crippen molar-refractivity contribution in [3.63, 3.8) is 0 Å². The number of thiazole rings is 1. The van der Waals surface area contributed by atoms with Gasteiger partial charge in [-0.1, -0.05) is 37.3 Å². The first kappa shape index (κ1) is 23.4. The Morgan fingerprint density at radius 1 is 1.03 bits per heavy atom. The molecule has 3 amide bonds. The van der Waals surface area contributed by atoms with E-state index in [9.17, 15) is 14.4 Å². The van der Waals surface area contributed by atoms with E-state index < -0.39 is 0 Å². The van der Waals surface area contributed by atoms with Crippen molar-refractivity contribution in [1.82, 2.24) is 14.8 Å². The molecule has 1 fully saturated rings. The molecule has 2 aliphatic heterocycles. The van der Waals surface area contributed by atoms with E-state index in [-0.39, 0.29) is 29.8 Å². The molecule has 1 aromatic heterocycles. The van der Waals surface area contributed by atoms with Crippen LogP contribution in [0.15, 0.2) is 48.5 Å². The summed E-state index contributed by atoms with van der Waals surface area (Å²) in [6, 6.07) is 14.0. The van der Waals surface area contributed by atoms with Gasteiger partial charge in [-0.15, -0.1) is 11.3 Å². The first-order valence-electron chi connectivity index (χ1n) is 11.9. The summed E-state index contributed by atoms with van der Waals surface area (Å²) in [7, 11) is 0. The number of carbonyl (C=O) groups excluding carboxylic acids is 3. The molecule has 0 aliphatic carbocycles. The van der Waals surface area contributed by atoms with Crippen molar-refractivity contribution in [2.24, 2.45) is 5.92 Å². The van der Waals surface area contributed by atoms with Crippen LogP contribution in [0.2, 0.25) is 0 Å². The van der Waals surface area contributed by atoms with Crippen LogP contribution in [0.4, 0.5) is 5.13 Å². The number of piperidine rings is 1. The summed E-state index contributed by atoms with van der Waals surface area (Å²) in [5, 5.41) is 3.42. The quantitative estimate of drug-likeness (QED) is 0.507. The lowest BCUT2D eigenvalue weighted by atomic mass is 9.99. The summed E-state index contributed by atoms with van der Waals surface area (Å²) < 4.78 is 0. The Hall–Kier alpha value is -3.36. The van der Waals surface area contributed by atoms with E-state index in [2.05, 4.69) is 22.1 Å². The third-order valence-electron chi connectivity index (χ3n) is 6.77. The third kappa shape index (κ3) is 4.90. The second-order valence-corrected chi connectivity index (χ2v) is 10.5. The van der Waals surface area contributed by atoms with Crippen molar-refractivity contribution < 1.29 is 14.4 Å². The Morgan fingerprint density at radius 2 is 1.74 bits per heavy atom. The first-order chi connectivity index (χ1) is 16.9. The number of nitrogens with zero attached hydrogens (tertiary/aromatic N) is 3. The van der Waals surface area contributed by atoms with Crippen molar-refractivity contribution >= 4 is 34.2 Å². The average Bonchev–Trinajstić information content (AvgIpc) is 3.32. The van der Waals surface area contributed by atoms with Crippen LogP contribution in [-0.2, 0) is 13.1 Å². The van der Waals surface area contributed by atoms with Gasteiger partial charge in [-0.2, -0.15) is 0 Å². The van der Waals surface area contributed by atoms with Crippen molar-refractivity contribution in [2.45, 2.75) is 39.8 Å². The fourth-order valence-electron chi connectivity index (χ4n) is 4.56. The lowest BCUT2D eigenvalue weighted by Crippen LogP contribution is -2.32. The molecule has 35 heavy (non-hydrogen) atoms. The van der Waals surface area contributed by atoms with Gasteiger partial charge in [-0.25, -0.2) is 4.98 Å². The smallest absolute Gasteiger partial charge is 0.261 e. The number of carbonyl (C=O) groups is 3. The monoisotopic (exact) mass is 488 g/mol. The Balaban J connectivity index is 1.27. The molecule has 0 radical (unpaired) electrons. The van der Waals surface area contributed by atoms with Gasteiger partial charge in [0.25, 0.3) is 17.7 Å². The highest BCUT2D eigenvalue weighted by molar-refractivity contribution is 7.15. The molecule has 0 spiro atoms. The zero-order valence-electron chi connectivity index (χ0n) is 19.9. The van der Waals surface area contributed by atoms with E-state index >= 15 is 0 Å². The van der Waals surface area contributed by atoms with Gasteiger partial charge < -0.3 is 0 Å². The van der Waals surface area contributed by atoms with E-state index in [1.54, 1.807) is 12.1 Å². The molecule has 0 unspecified atom stereocenters. The summed E-state index contributed by atoms with van der Waals surface area (Å²) >= 11 is 1.49. The van der Waals surface area contributed by atoms with E-state index in [1.807, 2.05) is 37.3 Å². The Bertz CT molecular complexity index is 1280. The summed E-state index contributed by atoms with van der Waals surface area (Å²) in [6.45, 7) is 7.48. The van der Waals surface area contributed by atoms with Crippen molar-refractivity contribution in [1.29, 1.82) is 0 Å². The predicted octanol–water partition coefficient (Wildman–Crippen LogP) is 4.73. The van der Waals surface area contributed by atoms with E-state index in [1.165, 1.54) is 35.1 Å². The Kier molecular flexibility index (Phi) is 6.49. The van der Waals surface area contributed by atoms with Crippen LogP contribution in [-0.4, -0.2) is 45.6 Å². The molecular weight excluding hydrogens is 460 g/mol. The topological polar surface area (TPSA) is 82.6 Å². The Morgan fingerprint density at radius 3 is 2.49 bits per heavy atom. The molecule has 3 heterocycles. The average molecular weight is 489 g/mol.